The molecule has 1 amide bonds. The Morgan fingerprint density at radius 1 is 1.15 bits per heavy atom. The van der Waals surface area contributed by atoms with Crippen LogP contribution in [0.3, 0.4) is 0 Å². The molecule has 1 N–H and O–H groups in total. The van der Waals surface area contributed by atoms with Crippen molar-refractivity contribution in [1.82, 2.24) is 4.98 Å². The molecule has 4 nitrogen and oxygen atoms in total. The predicted octanol–water partition coefficient (Wildman–Crippen LogP) is 6.64. The van der Waals surface area contributed by atoms with Crippen molar-refractivity contribution in [2.45, 2.75) is 37.0 Å². The fourth-order valence-electron chi connectivity index (χ4n) is 2.47. The Balaban J connectivity index is 1.79. The van der Waals surface area contributed by atoms with Gasteiger partial charge in [0.15, 0.2) is 0 Å². The van der Waals surface area contributed by atoms with Gasteiger partial charge in [-0.25, -0.2) is 9.78 Å². The summed E-state index contributed by atoms with van der Waals surface area (Å²) in [5.41, 5.74) is 1.53. The van der Waals surface area contributed by atoms with Crippen molar-refractivity contribution in [3.8, 4) is 0 Å². The standard InChI is InChI=1S/C21H21BrN2O2S/c1-21(2,3)26-20(25)24-19-10-9-16-17(22)11-15(12-18(16)23-19)27-13-14-7-5-4-6-8-14/h4-12H,13H2,1-3H3,(H,23,24,25). The number of hydrogen-bond acceptors (Lipinski definition) is 4. The van der Waals surface area contributed by atoms with E-state index in [1.807, 2.05) is 51.1 Å². The summed E-state index contributed by atoms with van der Waals surface area (Å²) >= 11 is 5.37. The lowest BCUT2D eigenvalue weighted by molar-refractivity contribution is 0.0635. The number of halogens is 1. The molecule has 6 heteroatoms. The molecule has 0 unspecified atom stereocenters. The molecule has 1 aromatic heterocycles. The number of nitrogens with zero attached hydrogens (tertiary/aromatic N) is 1. The summed E-state index contributed by atoms with van der Waals surface area (Å²) < 4.78 is 6.26. The van der Waals surface area contributed by atoms with Gasteiger partial charge in [-0.05, 0) is 50.6 Å². The van der Waals surface area contributed by atoms with E-state index in [9.17, 15) is 4.79 Å². The smallest absolute Gasteiger partial charge is 0.413 e. The molecule has 1 heterocycles. The quantitative estimate of drug-likeness (QED) is 0.458. The fourth-order valence-corrected chi connectivity index (χ4v) is 4.12. The zero-order valence-corrected chi connectivity index (χ0v) is 17.9. The summed E-state index contributed by atoms with van der Waals surface area (Å²) in [6.45, 7) is 5.48. The molecule has 0 spiro atoms. The first-order valence-electron chi connectivity index (χ1n) is 8.57. The number of anilines is 1. The van der Waals surface area contributed by atoms with E-state index >= 15 is 0 Å². The molecule has 27 heavy (non-hydrogen) atoms. The number of fused-ring (bicyclic) bond motifs is 1. The maximum atomic E-state index is 12.0. The predicted molar refractivity (Wildman–Crippen MR) is 115 cm³/mol. The third-order valence-corrected chi connectivity index (χ3v) is 5.31. The third-order valence-electron chi connectivity index (χ3n) is 3.61. The van der Waals surface area contributed by atoms with Gasteiger partial charge in [-0.2, -0.15) is 0 Å². The summed E-state index contributed by atoms with van der Waals surface area (Å²) in [7, 11) is 0. The lowest BCUT2D eigenvalue weighted by Crippen LogP contribution is -2.27. The van der Waals surface area contributed by atoms with Crippen LogP contribution in [0.2, 0.25) is 0 Å². The lowest BCUT2D eigenvalue weighted by atomic mass is 10.2. The second kappa shape index (κ2) is 8.31. The molecule has 0 aliphatic rings. The zero-order valence-electron chi connectivity index (χ0n) is 15.5. The first-order chi connectivity index (χ1) is 12.8. The summed E-state index contributed by atoms with van der Waals surface area (Å²) in [5, 5.41) is 3.69. The summed E-state index contributed by atoms with van der Waals surface area (Å²) in [6, 6.07) is 18.2. The van der Waals surface area contributed by atoms with Gasteiger partial charge >= 0.3 is 6.09 Å². The molecule has 0 bridgehead atoms. The number of thioether (sulfide) groups is 1. The number of hydrogen-bond donors (Lipinski definition) is 1. The van der Waals surface area contributed by atoms with Crippen LogP contribution in [0, 0.1) is 0 Å². The van der Waals surface area contributed by atoms with E-state index in [4.69, 9.17) is 4.74 Å². The van der Waals surface area contributed by atoms with Crippen molar-refractivity contribution in [3.63, 3.8) is 0 Å². The maximum absolute atomic E-state index is 12.0. The Kier molecular flexibility index (Phi) is 6.07. The van der Waals surface area contributed by atoms with Gasteiger partial charge in [-0.1, -0.05) is 46.3 Å². The van der Waals surface area contributed by atoms with Gasteiger partial charge in [0.05, 0.1) is 5.52 Å². The molecule has 0 saturated carbocycles. The molecule has 0 aliphatic carbocycles. The minimum atomic E-state index is -0.550. The molecule has 0 saturated heterocycles. The van der Waals surface area contributed by atoms with Crippen LogP contribution >= 0.6 is 27.7 Å². The van der Waals surface area contributed by atoms with Crippen molar-refractivity contribution in [3.05, 3.63) is 64.6 Å². The minimum Gasteiger partial charge on any atom is -0.444 e. The van der Waals surface area contributed by atoms with Gasteiger partial charge in [0.25, 0.3) is 0 Å². The number of rotatable bonds is 4. The van der Waals surface area contributed by atoms with Crippen LogP contribution in [0.5, 0.6) is 0 Å². The summed E-state index contributed by atoms with van der Waals surface area (Å²) in [5.74, 6) is 1.35. The summed E-state index contributed by atoms with van der Waals surface area (Å²) in [6.07, 6.45) is -0.511. The Hall–Kier alpha value is -2.05. The highest BCUT2D eigenvalue weighted by atomic mass is 79.9. The van der Waals surface area contributed by atoms with Crippen LogP contribution in [0.4, 0.5) is 10.6 Å². The molecule has 3 aromatic rings. The van der Waals surface area contributed by atoms with Gasteiger partial charge in [0, 0.05) is 20.5 Å². The number of aromatic nitrogens is 1. The van der Waals surface area contributed by atoms with Crippen molar-refractivity contribution in [1.29, 1.82) is 0 Å². The Morgan fingerprint density at radius 2 is 1.89 bits per heavy atom. The molecule has 3 rings (SSSR count). The van der Waals surface area contributed by atoms with E-state index in [1.54, 1.807) is 17.8 Å². The highest BCUT2D eigenvalue weighted by Crippen LogP contribution is 2.32. The number of pyridine rings is 1. The number of ether oxygens (including phenoxy) is 1. The van der Waals surface area contributed by atoms with Crippen LogP contribution < -0.4 is 5.32 Å². The first-order valence-corrected chi connectivity index (χ1v) is 10.3. The molecule has 0 radical (unpaired) electrons. The van der Waals surface area contributed by atoms with Crippen LogP contribution in [-0.2, 0) is 10.5 Å². The van der Waals surface area contributed by atoms with Crippen molar-refractivity contribution < 1.29 is 9.53 Å². The molecule has 2 aromatic carbocycles. The van der Waals surface area contributed by atoms with Gasteiger partial charge in [0.1, 0.15) is 11.4 Å². The highest BCUT2D eigenvalue weighted by molar-refractivity contribution is 9.10. The minimum absolute atomic E-state index is 0.467. The Morgan fingerprint density at radius 3 is 2.59 bits per heavy atom. The van der Waals surface area contributed by atoms with E-state index in [0.717, 1.165) is 26.0 Å². The van der Waals surface area contributed by atoms with Crippen LogP contribution in [0.1, 0.15) is 26.3 Å². The van der Waals surface area contributed by atoms with Crippen molar-refractivity contribution >= 4 is 50.5 Å². The zero-order chi connectivity index (χ0) is 19.4. The van der Waals surface area contributed by atoms with Crippen molar-refractivity contribution in [2.75, 3.05) is 5.32 Å². The van der Waals surface area contributed by atoms with E-state index in [0.29, 0.717) is 5.82 Å². The van der Waals surface area contributed by atoms with Crippen molar-refractivity contribution in [2.24, 2.45) is 0 Å². The highest BCUT2D eigenvalue weighted by Gasteiger charge is 2.16. The SMILES string of the molecule is CC(C)(C)OC(=O)Nc1ccc2c(Br)cc(SCc3ccccc3)cc2n1. The van der Waals surface area contributed by atoms with Gasteiger partial charge in [0.2, 0.25) is 0 Å². The molecule has 140 valence electrons. The van der Waals surface area contributed by atoms with E-state index in [1.165, 1.54) is 5.56 Å². The lowest BCUT2D eigenvalue weighted by Gasteiger charge is -2.19. The molecular weight excluding hydrogens is 424 g/mol. The average Bonchev–Trinajstić information content (AvgIpc) is 2.59. The van der Waals surface area contributed by atoms with E-state index in [2.05, 4.69) is 44.4 Å². The molecule has 0 atom stereocenters. The maximum Gasteiger partial charge on any atom is 0.413 e. The van der Waals surface area contributed by atoms with E-state index in [-0.39, 0.29) is 0 Å². The van der Waals surface area contributed by atoms with Gasteiger partial charge in [-0.15, -0.1) is 11.8 Å². The summed E-state index contributed by atoms with van der Waals surface area (Å²) in [4.78, 5) is 17.6. The largest absolute Gasteiger partial charge is 0.444 e. The number of carbonyl (C=O) groups is 1. The molecule has 0 fully saturated rings. The number of carbonyl (C=O) groups excluding carboxylic acids is 1. The van der Waals surface area contributed by atoms with Gasteiger partial charge in [-0.3, -0.25) is 5.32 Å². The average molecular weight is 445 g/mol. The Labute approximate surface area is 171 Å². The number of amides is 1. The van der Waals surface area contributed by atoms with E-state index < -0.39 is 11.7 Å². The van der Waals surface area contributed by atoms with Gasteiger partial charge < -0.3 is 4.74 Å². The second-order valence-electron chi connectivity index (χ2n) is 7.07. The number of benzene rings is 2. The first kappa shape index (κ1) is 19.7. The Bertz CT molecular complexity index is 956. The normalized spacial score (nSPS) is 11.4. The number of nitrogens with one attached hydrogen (secondary N) is 1. The van der Waals surface area contributed by atoms with Crippen LogP contribution in [-0.4, -0.2) is 16.7 Å². The third kappa shape index (κ3) is 5.71. The fraction of sp³-hybridized carbons (Fsp3) is 0.238. The van der Waals surface area contributed by atoms with Crippen LogP contribution in [0.15, 0.2) is 64.0 Å². The second-order valence-corrected chi connectivity index (χ2v) is 8.97. The molecule has 0 aliphatic heterocycles. The topological polar surface area (TPSA) is 51.2 Å². The molecular formula is C21H21BrN2O2S. The monoisotopic (exact) mass is 444 g/mol. The van der Waals surface area contributed by atoms with Crippen LogP contribution in [0.25, 0.3) is 10.9 Å².